The van der Waals surface area contributed by atoms with E-state index < -0.39 is 0 Å². The van der Waals surface area contributed by atoms with Crippen molar-refractivity contribution in [3.8, 4) is 0 Å². The number of hydrogen-bond donors (Lipinski definition) is 1. The summed E-state index contributed by atoms with van der Waals surface area (Å²) in [6.45, 7) is 8.23. The predicted octanol–water partition coefficient (Wildman–Crippen LogP) is 5.65. The van der Waals surface area contributed by atoms with Crippen molar-refractivity contribution >= 4 is 11.7 Å². The van der Waals surface area contributed by atoms with Crippen LogP contribution in [0.4, 0.5) is 0 Å². The molecule has 3 atom stereocenters. The molecule has 2 N–H and O–H groups in total. The van der Waals surface area contributed by atoms with Gasteiger partial charge in [0.05, 0.1) is 0 Å². The van der Waals surface area contributed by atoms with E-state index in [9.17, 15) is 9.59 Å². The van der Waals surface area contributed by atoms with Crippen LogP contribution in [-0.2, 0) is 9.59 Å². The summed E-state index contributed by atoms with van der Waals surface area (Å²) < 4.78 is 0. The number of carbonyl (C=O) groups excluding carboxylic acids is 2. The van der Waals surface area contributed by atoms with Crippen molar-refractivity contribution < 1.29 is 9.59 Å². The number of nitrogens with two attached hydrogens (primary N) is 1. The minimum absolute atomic E-state index is 0.0562. The third-order valence-corrected chi connectivity index (χ3v) is 5.14. The molecule has 0 aliphatic carbocycles. The Balaban J connectivity index is 4.45. The third kappa shape index (κ3) is 10.8. The first-order valence-corrected chi connectivity index (χ1v) is 10.3. The maximum Gasteiger partial charge on any atom is 0.220 e. The van der Waals surface area contributed by atoms with Gasteiger partial charge in [-0.1, -0.05) is 85.5 Å². The number of carbonyl (C=O) groups is 2. The van der Waals surface area contributed by atoms with Crippen molar-refractivity contribution in [1.29, 1.82) is 0 Å². The molecule has 0 saturated heterocycles. The van der Waals surface area contributed by atoms with E-state index in [1.165, 1.54) is 44.9 Å². The lowest BCUT2D eigenvalue weighted by molar-refractivity contribution is -0.128. The van der Waals surface area contributed by atoms with Gasteiger partial charge in [-0.25, -0.2) is 0 Å². The van der Waals surface area contributed by atoms with E-state index in [0.29, 0.717) is 12.2 Å². The molecule has 0 rings (SSSR count). The third-order valence-electron chi connectivity index (χ3n) is 5.14. The van der Waals surface area contributed by atoms with Crippen LogP contribution in [0.2, 0.25) is 0 Å². The van der Waals surface area contributed by atoms with Gasteiger partial charge >= 0.3 is 0 Å². The molecule has 0 heterocycles. The van der Waals surface area contributed by atoms with Gasteiger partial charge in [0.1, 0.15) is 5.78 Å². The van der Waals surface area contributed by atoms with Gasteiger partial charge in [0, 0.05) is 17.8 Å². The summed E-state index contributed by atoms with van der Waals surface area (Å²) >= 11 is 0. The summed E-state index contributed by atoms with van der Waals surface area (Å²) in [5.41, 5.74) is 5.35. The number of unbranched alkanes of at least 4 members (excludes halogenated alkanes) is 7. The smallest absolute Gasteiger partial charge is 0.220 e. The van der Waals surface area contributed by atoms with Crippen LogP contribution in [0.5, 0.6) is 0 Å². The SMILES string of the molecule is CCCCCCCC(CCCCCC)C(=O)C(C)CC(C)C(N)=O. The van der Waals surface area contributed by atoms with E-state index in [0.717, 1.165) is 25.7 Å². The topological polar surface area (TPSA) is 60.2 Å². The second kappa shape index (κ2) is 14.5. The van der Waals surface area contributed by atoms with Crippen molar-refractivity contribution in [3.05, 3.63) is 0 Å². The zero-order chi connectivity index (χ0) is 18.4. The molecule has 142 valence electrons. The first kappa shape index (κ1) is 23.1. The molecule has 0 aromatic rings. The summed E-state index contributed by atoms with van der Waals surface area (Å²) in [5.74, 6) is -0.0316. The molecular formula is C21H41NO2. The van der Waals surface area contributed by atoms with Gasteiger partial charge in [-0.15, -0.1) is 0 Å². The van der Waals surface area contributed by atoms with Crippen molar-refractivity contribution in [2.24, 2.45) is 23.5 Å². The fourth-order valence-electron chi connectivity index (χ4n) is 3.41. The molecule has 0 aromatic heterocycles. The summed E-state index contributed by atoms with van der Waals surface area (Å²) in [4.78, 5) is 24.1. The highest BCUT2D eigenvalue weighted by atomic mass is 16.1. The summed E-state index contributed by atoms with van der Waals surface area (Å²) in [6, 6.07) is 0. The average Bonchev–Trinajstić information content (AvgIpc) is 2.55. The Hall–Kier alpha value is -0.860. The molecule has 0 saturated carbocycles. The normalized spacial score (nSPS) is 15.0. The number of primary amides is 1. The molecule has 0 aliphatic heterocycles. The van der Waals surface area contributed by atoms with E-state index in [-0.39, 0.29) is 23.7 Å². The van der Waals surface area contributed by atoms with Crippen molar-refractivity contribution in [3.63, 3.8) is 0 Å². The van der Waals surface area contributed by atoms with Gasteiger partial charge in [-0.3, -0.25) is 9.59 Å². The van der Waals surface area contributed by atoms with Crippen LogP contribution in [0.25, 0.3) is 0 Å². The second-order valence-electron chi connectivity index (χ2n) is 7.59. The zero-order valence-corrected chi connectivity index (χ0v) is 16.6. The van der Waals surface area contributed by atoms with Crippen molar-refractivity contribution in [1.82, 2.24) is 0 Å². The number of Topliss-reactive ketones (excluding diaryl/α,β-unsaturated/α-hetero) is 1. The lowest BCUT2D eigenvalue weighted by Gasteiger charge is -2.21. The van der Waals surface area contributed by atoms with Crippen LogP contribution < -0.4 is 5.73 Å². The van der Waals surface area contributed by atoms with Gasteiger partial charge in [-0.05, 0) is 19.3 Å². The molecule has 0 aromatic carbocycles. The fraction of sp³-hybridized carbons (Fsp3) is 0.905. The molecule has 1 amide bonds. The highest BCUT2D eigenvalue weighted by Gasteiger charge is 2.25. The Kier molecular flexibility index (Phi) is 14.0. The minimum Gasteiger partial charge on any atom is -0.369 e. The fourth-order valence-corrected chi connectivity index (χ4v) is 3.41. The molecular weight excluding hydrogens is 298 g/mol. The average molecular weight is 340 g/mol. The first-order valence-electron chi connectivity index (χ1n) is 10.3. The monoisotopic (exact) mass is 339 g/mol. The van der Waals surface area contributed by atoms with Crippen LogP contribution in [0.3, 0.4) is 0 Å². The molecule has 0 fully saturated rings. The van der Waals surface area contributed by atoms with Crippen LogP contribution in [0.1, 0.15) is 105 Å². The van der Waals surface area contributed by atoms with Gasteiger partial charge < -0.3 is 5.73 Å². The molecule has 3 nitrogen and oxygen atoms in total. The van der Waals surface area contributed by atoms with Crippen molar-refractivity contribution in [2.75, 3.05) is 0 Å². The number of hydrogen-bond acceptors (Lipinski definition) is 2. The van der Waals surface area contributed by atoms with E-state index in [2.05, 4.69) is 13.8 Å². The zero-order valence-electron chi connectivity index (χ0n) is 16.6. The predicted molar refractivity (Wildman–Crippen MR) is 103 cm³/mol. The molecule has 0 radical (unpaired) electrons. The number of amides is 1. The quantitative estimate of drug-likeness (QED) is 0.369. The lowest BCUT2D eigenvalue weighted by atomic mass is 9.82. The highest BCUT2D eigenvalue weighted by Crippen LogP contribution is 2.25. The van der Waals surface area contributed by atoms with E-state index >= 15 is 0 Å². The van der Waals surface area contributed by atoms with E-state index in [1.54, 1.807) is 0 Å². The molecule has 0 aliphatic rings. The van der Waals surface area contributed by atoms with Crippen LogP contribution in [0.15, 0.2) is 0 Å². The Morgan fingerprint density at radius 3 is 1.67 bits per heavy atom. The van der Waals surface area contributed by atoms with Gasteiger partial charge in [0.2, 0.25) is 5.91 Å². The summed E-state index contributed by atoms with van der Waals surface area (Å²) in [7, 11) is 0. The standard InChI is InChI=1S/C21H41NO2/c1-5-7-9-11-13-15-19(14-12-10-8-6-2)20(23)17(3)16-18(4)21(22)24/h17-19H,5-16H2,1-4H3,(H2,22,24). The van der Waals surface area contributed by atoms with E-state index in [1.807, 2.05) is 13.8 Å². The van der Waals surface area contributed by atoms with E-state index in [4.69, 9.17) is 5.73 Å². The van der Waals surface area contributed by atoms with Crippen molar-refractivity contribution in [2.45, 2.75) is 105 Å². The summed E-state index contributed by atoms with van der Waals surface area (Å²) in [6.07, 6.45) is 13.7. The number of ketones is 1. The minimum atomic E-state index is -0.297. The lowest BCUT2D eigenvalue weighted by Crippen LogP contribution is -2.28. The molecule has 3 heteroatoms. The number of rotatable bonds is 16. The van der Waals surface area contributed by atoms with Crippen LogP contribution in [-0.4, -0.2) is 11.7 Å². The van der Waals surface area contributed by atoms with Gasteiger partial charge in [0.15, 0.2) is 0 Å². The molecule has 24 heavy (non-hydrogen) atoms. The van der Waals surface area contributed by atoms with Crippen LogP contribution >= 0.6 is 0 Å². The highest BCUT2D eigenvalue weighted by molar-refractivity contribution is 5.84. The Labute approximate surface area is 150 Å². The molecule has 3 unspecified atom stereocenters. The maximum absolute atomic E-state index is 12.8. The Bertz CT molecular complexity index is 341. The first-order chi connectivity index (χ1) is 11.4. The molecule has 0 spiro atoms. The van der Waals surface area contributed by atoms with Gasteiger partial charge in [0.25, 0.3) is 0 Å². The Morgan fingerprint density at radius 1 is 0.750 bits per heavy atom. The maximum atomic E-state index is 12.8. The largest absolute Gasteiger partial charge is 0.369 e. The van der Waals surface area contributed by atoms with Gasteiger partial charge in [-0.2, -0.15) is 0 Å². The molecule has 0 bridgehead atoms. The summed E-state index contributed by atoms with van der Waals surface area (Å²) in [5, 5.41) is 0. The Morgan fingerprint density at radius 2 is 1.21 bits per heavy atom. The van der Waals surface area contributed by atoms with Crippen LogP contribution in [0, 0.1) is 17.8 Å². The second-order valence-corrected chi connectivity index (χ2v) is 7.59.